The molecule has 0 unspecified atom stereocenters. The number of nitrogens with zero attached hydrogens (tertiary/aromatic N) is 3. The molecule has 0 amide bonds. The average molecular weight is 794 g/mol. The minimum atomic E-state index is 0.495. The topological polar surface area (TPSA) is 65.0 Å². The van der Waals surface area contributed by atoms with Crippen LogP contribution in [0.15, 0.2) is 221 Å². The Labute approximate surface area is 357 Å². The molecule has 0 radical (unpaired) electrons. The van der Waals surface area contributed by atoms with Crippen molar-refractivity contribution < 1.29 is 8.83 Å². The fourth-order valence-electron chi connectivity index (χ4n) is 8.98. The van der Waals surface area contributed by atoms with Gasteiger partial charge in [-0.1, -0.05) is 188 Å². The third kappa shape index (κ3) is 5.90. The van der Waals surface area contributed by atoms with Gasteiger partial charge in [-0.25, -0.2) is 15.0 Å². The number of furan rings is 2. The molecule has 5 nitrogen and oxygen atoms in total. The van der Waals surface area contributed by atoms with E-state index in [1.165, 1.54) is 0 Å². The van der Waals surface area contributed by atoms with E-state index in [1.54, 1.807) is 0 Å². The number of fused-ring (bicyclic) bond motifs is 6. The van der Waals surface area contributed by atoms with Crippen molar-refractivity contribution in [1.82, 2.24) is 15.0 Å². The number of aromatic nitrogens is 3. The highest BCUT2D eigenvalue weighted by Gasteiger charge is 2.26. The molecular formula is C57H35N3O2. The lowest BCUT2D eigenvalue weighted by atomic mass is 9.82. The molecule has 0 aliphatic rings. The lowest BCUT2D eigenvalue weighted by Gasteiger charge is -2.22. The van der Waals surface area contributed by atoms with Crippen LogP contribution in [0.1, 0.15) is 0 Å². The Kier molecular flexibility index (Phi) is 8.42. The van der Waals surface area contributed by atoms with Crippen LogP contribution < -0.4 is 0 Å². The van der Waals surface area contributed by atoms with Crippen LogP contribution in [0.5, 0.6) is 0 Å². The summed E-state index contributed by atoms with van der Waals surface area (Å²) in [6, 6.07) is 73.4. The summed E-state index contributed by atoms with van der Waals surface area (Å²) < 4.78 is 13.3. The summed E-state index contributed by atoms with van der Waals surface area (Å²) in [4.78, 5) is 16.4. The molecule has 0 saturated carbocycles. The highest BCUT2D eigenvalue weighted by molar-refractivity contribution is 6.11. The number of hydrogen-bond acceptors (Lipinski definition) is 5. The number of hydrogen-bond donors (Lipinski definition) is 0. The third-order valence-corrected chi connectivity index (χ3v) is 11.8. The average Bonchev–Trinajstić information content (AvgIpc) is 3.93. The summed E-state index contributed by atoms with van der Waals surface area (Å²) in [5.74, 6) is 1.52. The van der Waals surface area contributed by atoms with Crippen molar-refractivity contribution in [1.29, 1.82) is 0 Å². The first-order valence-corrected chi connectivity index (χ1v) is 20.8. The summed E-state index contributed by atoms with van der Waals surface area (Å²) in [5.41, 5.74) is 14.0. The van der Waals surface area contributed by atoms with E-state index in [-0.39, 0.29) is 0 Å². The van der Waals surface area contributed by atoms with Crippen molar-refractivity contribution in [2.75, 3.05) is 0 Å². The maximum absolute atomic E-state index is 6.65. The van der Waals surface area contributed by atoms with Gasteiger partial charge in [0.05, 0.1) is 11.1 Å². The second-order valence-electron chi connectivity index (χ2n) is 15.4. The Morgan fingerprint density at radius 1 is 0.242 bits per heavy atom. The fourth-order valence-corrected chi connectivity index (χ4v) is 8.98. The largest absolute Gasteiger partial charge is 0.455 e. The second-order valence-corrected chi connectivity index (χ2v) is 15.4. The van der Waals surface area contributed by atoms with Crippen molar-refractivity contribution in [3.63, 3.8) is 0 Å². The van der Waals surface area contributed by atoms with Crippen molar-refractivity contribution in [3.8, 4) is 78.7 Å². The molecule has 9 aromatic carbocycles. The van der Waals surface area contributed by atoms with Crippen LogP contribution >= 0.6 is 0 Å². The van der Waals surface area contributed by atoms with Gasteiger partial charge < -0.3 is 8.83 Å². The molecule has 0 aliphatic carbocycles. The van der Waals surface area contributed by atoms with Gasteiger partial charge in [-0.2, -0.15) is 0 Å². The number of rotatable bonds is 7. The Bertz CT molecular complexity index is 3500. The first-order valence-electron chi connectivity index (χ1n) is 20.8. The van der Waals surface area contributed by atoms with Crippen molar-refractivity contribution in [2.45, 2.75) is 0 Å². The van der Waals surface area contributed by atoms with E-state index in [2.05, 4.69) is 158 Å². The summed E-state index contributed by atoms with van der Waals surface area (Å²) in [5, 5.41) is 4.06. The van der Waals surface area contributed by atoms with Gasteiger partial charge in [-0.15, -0.1) is 0 Å². The van der Waals surface area contributed by atoms with E-state index >= 15 is 0 Å². The van der Waals surface area contributed by atoms with Crippen molar-refractivity contribution >= 4 is 43.9 Å². The van der Waals surface area contributed by atoms with Crippen LogP contribution in [0.3, 0.4) is 0 Å². The molecule has 0 N–H and O–H groups in total. The zero-order valence-corrected chi connectivity index (χ0v) is 33.4. The van der Waals surface area contributed by atoms with Gasteiger partial charge in [0.25, 0.3) is 0 Å². The maximum Gasteiger partial charge on any atom is 0.167 e. The molecule has 290 valence electrons. The molecule has 5 heteroatoms. The quantitative estimate of drug-likeness (QED) is 0.161. The van der Waals surface area contributed by atoms with E-state index in [9.17, 15) is 0 Å². The molecule has 0 bridgehead atoms. The summed E-state index contributed by atoms with van der Waals surface area (Å²) >= 11 is 0. The molecule has 3 heterocycles. The smallest absolute Gasteiger partial charge is 0.167 e. The molecule has 12 aromatic rings. The van der Waals surface area contributed by atoms with E-state index in [1.807, 2.05) is 54.6 Å². The maximum atomic E-state index is 6.65. The molecule has 62 heavy (non-hydrogen) atoms. The van der Waals surface area contributed by atoms with Crippen molar-refractivity contribution in [3.05, 3.63) is 212 Å². The van der Waals surface area contributed by atoms with E-state index in [4.69, 9.17) is 23.8 Å². The van der Waals surface area contributed by atoms with E-state index < -0.39 is 0 Å². The lowest BCUT2D eigenvalue weighted by molar-refractivity contribution is 0.669. The first-order chi connectivity index (χ1) is 30.8. The van der Waals surface area contributed by atoms with Gasteiger partial charge >= 0.3 is 0 Å². The standard InChI is InChI=1S/C57H35N3O2/c1-4-18-36(19-5-1)39-24-10-11-27-44(39)51-40(37-20-6-2-7-21-37)34-35-41(38-22-8-3-9-23-38)52(51)57-59-55(47-30-16-28-45-42-25-12-14-32-49(42)61-53(45)47)58-56(60-57)48-31-17-29-46-43-26-13-15-33-50(43)62-54(46)48/h1-35H. The highest BCUT2D eigenvalue weighted by atomic mass is 16.3. The van der Waals surface area contributed by atoms with Gasteiger partial charge in [-0.3, -0.25) is 0 Å². The normalized spacial score (nSPS) is 11.5. The van der Waals surface area contributed by atoms with Gasteiger partial charge in [-0.05, 0) is 63.2 Å². The van der Waals surface area contributed by atoms with Gasteiger partial charge in [0, 0.05) is 32.7 Å². The monoisotopic (exact) mass is 793 g/mol. The Morgan fingerprint density at radius 3 is 1.13 bits per heavy atom. The first kappa shape index (κ1) is 35.5. The molecule has 12 rings (SSSR count). The van der Waals surface area contributed by atoms with Gasteiger partial charge in [0.1, 0.15) is 22.3 Å². The number of para-hydroxylation sites is 4. The predicted molar refractivity (Wildman–Crippen MR) is 252 cm³/mol. The van der Waals surface area contributed by atoms with Crippen LogP contribution in [-0.4, -0.2) is 15.0 Å². The Hall–Kier alpha value is -8.41. The fraction of sp³-hybridized carbons (Fsp3) is 0. The zero-order chi connectivity index (χ0) is 41.0. The summed E-state index contributed by atoms with van der Waals surface area (Å²) in [6.07, 6.45) is 0. The highest BCUT2D eigenvalue weighted by Crippen LogP contribution is 2.48. The van der Waals surface area contributed by atoms with Crippen LogP contribution in [0.25, 0.3) is 123 Å². The van der Waals surface area contributed by atoms with Gasteiger partial charge in [0.2, 0.25) is 0 Å². The minimum absolute atomic E-state index is 0.495. The van der Waals surface area contributed by atoms with Crippen molar-refractivity contribution in [2.24, 2.45) is 0 Å². The second kappa shape index (κ2) is 14.7. The molecule has 0 aliphatic heterocycles. The summed E-state index contributed by atoms with van der Waals surface area (Å²) in [6.45, 7) is 0. The third-order valence-electron chi connectivity index (χ3n) is 11.8. The molecule has 0 fully saturated rings. The number of benzene rings is 9. The van der Waals surface area contributed by atoms with Gasteiger partial charge in [0.15, 0.2) is 17.5 Å². The Balaban J connectivity index is 1.24. The Morgan fingerprint density at radius 2 is 0.613 bits per heavy atom. The van der Waals surface area contributed by atoms with Crippen LogP contribution in [0.4, 0.5) is 0 Å². The minimum Gasteiger partial charge on any atom is -0.455 e. The lowest BCUT2D eigenvalue weighted by Crippen LogP contribution is -2.04. The summed E-state index contributed by atoms with van der Waals surface area (Å²) in [7, 11) is 0. The van der Waals surface area contributed by atoms with Crippen LogP contribution in [0.2, 0.25) is 0 Å². The molecule has 0 spiro atoms. The van der Waals surface area contributed by atoms with E-state index in [0.29, 0.717) is 17.5 Å². The molecule has 0 saturated heterocycles. The zero-order valence-electron chi connectivity index (χ0n) is 33.4. The molecular weight excluding hydrogens is 759 g/mol. The SMILES string of the molecule is c1ccc(-c2ccccc2-c2c(-c3ccccc3)ccc(-c3ccccc3)c2-c2nc(-c3cccc4c3oc3ccccc34)nc(-c3cccc4c3oc3ccccc34)n2)cc1. The van der Waals surface area contributed by atoms with Crippen LogP contribution in [-0.2, 0) is 0 Å². The van der Waals surface area contributed by atoms with E-state index in [0.717, 1.165) is 105 Å². The predicted octanol–water partition coefficient (Wildman–Crippen LogP) is 15.3. The van der Waals surface area contributed by atoms with Crippen LogP contribution in [0, 0.1) is 0 Å². The molecule has 3 aromatic heterocycles. The molecule has 0 atom stereocenters.